The molecule has 0 unspecified atom stereocenters. The molecule has 0 atom stereocenters. The second kappa shape index (κ2) is 8.60. The highest BCUT2D eigenvalue weighted by Crippen LogP contribution is 2.28. The summed E-state index contributed by atoms with van der Waals surface area (Å²) in [6.45, 7) is 5.61. The van der Waals surface area contributed by atoms with Crippen LogP contribution in [0.1, 0.15) is 19.4 Å². The molecule has 8 heteroatoms. The van der Waals surface area contributed by atoms with Gasteiger partial charge in [-0.25, -0.2) is 4.79 Å². The first-order chi connectivity index (χ1) is 11.2. The van der Waals surface area contributed by atoms with Gasteiger partial charge >= 0.3 is 11.7 Å². The predicted octanol–water partition coefficient (Wildman–Crippen LogP) is 1.56. The van der Waals surface area contributed by atoms with E-state index in [1.54, 1.807) is 6.07 Å². The summed E-state index contributed by atoms with van der Waals surface area (Å²) >= 11 is 0. The number of hydrogen-bond donors (Lipinski definition) is 1. The topological polar surface area (TPSA) is 108 Å². The zero-order valence-electron chi connectivity index (χ0n) is 14.6. The Balaban J connectivity index is 2.85. The molecule has 0 saturated carbocycles. The number of rotatable bonds is 9. The van der Waals surface area contributed by atoms with E-state index in [1.165, 1.54) is 19.2 Å². The van der Waals surface area contributed by atoms with E-state index in [0.717, 1.165) is 12.1 Å². The fourth-order valence-corrected chi connectivity index (χ4v) is 2.28. The Labute approximate surface area is 141 Å². The number of nitro groups is 1. The van der Waals surface area contributed by atoms with Crippen molar-refractivity contribution in [2.45, 2.75) is 20.4 Å². The van der Waals surface area contributed by atoms with E-state index in [2.05, 4.69) is 23.5 Å². The Bertz CT molecular complexity index is 589. The van der Waals surface area contributed by atoms with Crippen LogP contribution in [0.15, 0.2) is 18.2 Å². The van der Waals surface area contributed by atoms with Gasteiger partial charge in [-0.05, 0) is 30.6 Å². The van der Waals surface area contributed by atoms with Crippen LogP contribution < -0.4 is 10.5 Å². The largest absolute Gasteiger partial charge is 0.475 e. The van der Waals surface area contributed by atoms with E-state index in [1.807, 2.05) is 7.05 Å². The first kappa shape index (κ1) is 19.9. The highest BCUT2D eigenvalue weighted by molar-refractivity contribution is 5.71. The van der Waals surface area contributed by atoms with Gasteiger partial charge in [0, 0.05) is 19.2 Å². The lowest BCUT2D eigenvalue weighted by atomic mass is 9.93. The molecule has 0 spiro atoms. The number of methoxy groups -OCH3 is 1. The van der Waals surface area contributed by atoms with E-state index in [-0.39, 0.29) is 23.5 Å². The second-order valence-corrected chi connectivity index (χ2v) is 6.46. The van der Waals surface area contributed by atoms with Gasteiger partial charge in [0.2, 0.25) is 0 Å². The van der Waals surface area contributed by atoms with Crippen molar-refractivity contribution in [3.8, 4) is 5.75 Å². The lowest BCUT2D eigenvalue weighted by Crippen LogP contribution is -2.36. The lowest BCUT2D eigenvalue weighted by molar-refractivity contribution is -0.385. The van der Waals surface area contributed by atoms with Gasteiger partial charge in [0.25, 0.3) is 0 Å². The Morgan fingerprint density at radius 2 is 2.08 bits per heavy atom. The maximum Gasteiger partial charge on any atom is 0.343 e. The van der Waals surface area contributed by atoms with Gasteiger partial charge in [-0.1, -0.05) is 19.9 Å². The maximum absolute atomic E-state index is 11.2. The predicted molar refractivity (Wildman–Crippen MR) is 89.8 cm³/mol. The Kier molecular flexibility index (Phi) is 7.12. The second-order valence-electron chi connectivity index (χ2n) is 6.46. The van der Waals surface area contributed by atoms with Crippen LogP contribution in [0.25, 0.3) is 0 Å². The number of nitro benzene ring substituents is 1. The number of carbonyl (C=O) groups is 1. The molecular formula is C16H25N3O5. The van der Waals surface area contributed by atoms with Crippen molar-refractivity contribution in [2.75, 3.05) is 33.9 Å². The Hall–Kier alpha value is -2.19. The number of carbonyl (C=O) groups excluding carboxylic acids is 1. The molecule has 2 N–H and O–H groups in total. The summed E-state index contributed by atoms with van der Waals surface area (Å²) in [6, 6.07) is 4.70. The lowest BCUT2D eigenvalue weighted by Gasteiger charge is -2.29. The van der Waals surface area contributed by atoms with Gasteiger partial charge < -0.3 is 20.1 Å². The number of ether oxygens (including phenoxy) is 2. The molecule has 0 aromatic heterocycles. The summed E-state index contributed by atoms with van der Waals surface area (Å²) in [4.78, 5) is 23.9. The molecule has 0 heterocycles. The molecule has 0 radical (unpaired) electrons. The van der Waals surface area contributed by atoms with E-state index in [0.29, 0.717) is 13.1 Å². The number of hydrogen-bond acceptors (Lipinski definition) is 7. The van der Waals surface area contributed by atoms with Crippen molar-refractivity contribution in [1.82, 2.24) is 4.90 Å². The van der Waals surface area contributed by atoms with Gasteiger partial charge in [0.05, 0.1) is 12.0 Å². The maximum atomic E-state index is 11.2. The molecule has 0 aliphatic rings. The zero-order valence-corrected chi connectivity index (χ0v) is 14.6. The van der Waals surface area contributed by atoms with Crippen molar-refractivity contribution in [1.29, 1.82) is 0 Å². The molecule has 8 nitrogen and oxygen atoms in total. The minimum Gasteiger partial charge on any atom is -0.475 e. The minimum atomic E-state index is -0.600. The van der Waals surface area contributed by atoms with Crippen LogP contribution in [0.3, 0.4) is 0 Å². The van der Waals surface area contributed by atoms with E-state index in [4.69, 9.17) is 10.5 Å². The van der Waals surface area contributed by atoms with Crippen LogP contribution >= 0.6 is 0 Å². The molecule has 134 valence electrons. The molecule has 0 fully saturated rings. The molecule has 0 saturated heterocycles. The molecular weight excluding hydrogens is 314 g/mol. The van der Waals surface area contributed by atoms with E-state index in [9.17, 15) is 14.9 Å². The van der Waals surface area contributed by atoms with Crippen molar-refractivity contribution < 1.29 is 19.2 Å². The standard InChI is InChI=1S/C16H25N3O5/c1-16(2,10-17)11-18(3)8-12-5-6-14(13(7-12)19(21)22)24-9-15(20)23-4/h5-7H,8-11,17H2,1-4H3. The van der Waals surface area contributed by atoms with Gasteiger partial charge in [-0.2, -0.15) is 0 Å². The highest BCUT2D eigenvalue weighted by Gasteiger charge is 2.20. The molecule has 1 rings (SSSR count). The average Bonchev–Trinajstić information content (AvgIpc) is 2.52. The van der Waals surface area contributed by atoms with Crippen LogP contribution in [0.2, 0.25) is 0 Å². The van der Waals surface area contributed by atoms with Gasteiger partial charge in [-0.15, -0.1) is 0 Å². The smallest absolute Gasteiger partial charge is 0.343 e. The first-order valence-corrected chi connectivity index (χ1v) is 7.54. The Morgan fingerprint density at radius 1 is 1.42 bits per heavy atom. The molecule has 1 aromatic rings. The number of nitrogens with zero attached hydrogens (tertiary/aromatic N) is 2. The molecule has 24 heavy (non-hydrogen) atoms. The van der Waals surface area contributed by atoms with Crippen molar-refractivity contribution in [3.05, 3.63) is 33.9 Å². The highest BCUT2D eigenvalue weighted by atomic mass is 16.6. The van der Waals surface area contributed by atoms with Crippen LogP contribution in [-0.4, -0.2) is 49.6 Å². The summed E-state index contributed by atoms with van der Waals surface area (Å²) < 4.78 is 9.62. The third-order valence-electron chi connectivity index (χ3n) is 3.50. The summed E-state index contributed by atoms with van der Waals surface area (Å²) in [5.74, 6) is -0.559. The van der Waals surface area contributed by atoms with Crippen LogP contribution in [0.5, 0.6) is 5.75 Å². The number of nitrogens with two attached hydrogens (primary N) is 1. The third kappa shape index (κ3) is 6.13. The summed E-state index contributed by atoms with van der Waals surface area (Å²) in [5, 5.41) is 11.2. The third-order valence-corrected chi connectivity index (χ3v) is 3.50. The first-order valence-electron chi connectivity index (χ1n) is 7.54. The molecule has 0 amide bonds. The van der Waals surface area contributed by atoms with E-state index < -0.39 is 10.9 Å². The normalized spacial score (nSPS) is 11.4. The summed E-state index contributed by atoms with van der Waals surface area (Å²) in [5.41, 5.74) is 6.30. The average molecular weight is 339 g/mol. The molecule has 0 aliphatic carbocycles. The zero-order chi connectivity index (χ0) is 18.3. The van der Waals surface area contributed by atoms with Crippen LogP contribution in [-0.2, 0) is 16.1 Å². The number of esters is 1. The monoisotopic (exact) mass is 339 g/mol. The van der Waals surface area contributed by atoms with Gasteiger partial charge in [-0.3, -0.25) is 10.1 Å². The number of benzene rings is 1. The molecule has 1 aromatic carbocycles. The summed E-state index contributed by atoms with van der Waals surface area (Å²) in [6.07, 6.45) is 0. The SMILES string of the molecule is COC(=O)COc1ccc(CN(C)CC(C)(C)CN)cc1[N+](=O)[O-]. The van der Waals surface area contributed by atoms with Gasteiger partial charge in [0.1, 0.15) is 0 Å². The molecule has 0 aliphatic heterocycles. The molecule has 0 bridgehead atoms. The van der Waals surface area contributed by atoms with Crippen LogP contribution in [0, 0.1) is 15.5 Å². The fourth-order valence-electron chi connectivity index (χ4n) is 2.28. The van der Waals surface area contributed by atoms with E-state index >= 15 is 0 Å². The van der Waals surface area contributed by atoms with Gasteiger partial charge in [0.15, 0.2) is 12.4 Å². The Morgan fingerprint density at radius 3 is 2.62 bits per heavy atom. The minimum absolute atomic E-state index is 0.0375. The fraction of sp³-hybridized carbons (Fsp3) is 0.562. The van der Waals surface area contributed by atoms with Crippen molar-refractivity contribution in [2.24, 2.45) is 11.1 Å². The van der Waals surface area contributed by atoms with Crippen LogP contribution in [0.4, 0.5) is 5.69 Å². The van der Waals surface area contributed by atoms with Crippen molar-refractivity contribution >= 4 is 11.7 Å². The quantitative estimate of drug-likeness (QED) is 0.413. The van der Waals surface area contributed by atoms with Crippen molar-refractivity contribution in [3.63, 3.8) is 0 Å². The summed E-state index contributed by atoms with van der Waals surface area (Å²) in [7, 11) is 3.16.